The molecular formula is C13H10F2N2O2. The fourth-order valence-electron chi connectivity index (χ4n) is 1.71. The number of benzene rings is 1. The molecule has 2 aromatic rings. The van der Waals surface area contributed by atoms with Crippen molar-refractivity contribution in [2.45, 2.75) is 13.3 Å². The summed E-state index contributed by atoms with van der Waals surface area (Å²) in [5, 5.41) is 8.84. The van der Waals surface area contributed by atoms with E-state index in [1.807, 2.05) is 0 Å². The summed E-state index contributed by atoms with van der Waals surface area (Å²) >= 11 is 0. The number of rotatable bonds is 3. The van der Waals surface area contributed by atoms with Crippen LogP contribution >= 0.6 is 0 Å². The number of aromatic carboxylic acids is 1. The van der Waals surface area contributed by atoms with Crippen LogP contribution in [0, 0.1) is 18.6 Å². The first-order valence-electron chi connectivity index (χ1n) is 5.46. The summed E-state index contributed by atoms with van der Waals surface area (Å²) in [7, 11) is 0. The minimum atomic E-state index is -1.11. The molecule has 0 aliphatic rings. The molecule has 1 N–H and O–H groups in total. The number of nitrogens with zero attached hydrogens (tertiary/aromatic N) is 2. The van der Waals surface area contributed by atoms with Gasteiger partial charge in [0.15, 0.2) is 0 Å². The van der Waals surface area contributed by atoms with E-state index in [1.54, 1.807) is 6.92 Å². The average Bonchev–Trinajstić information content (AvgIpc) is 2.26. The van der Waals surface area contributed by atoms with Gasteiger partial charge in [0.25, 0.3) is 0 Å². The molecule has 0 spiro atoms. The summed E-state index contributed by atoms with van der Waals surface area (Å²) in [5.74, 6) is -2.14. The van der Waals surface area contributed by atoms with Crippen molar-refractivity contribution in [1.29, 1.82) is 0 Å². The zero-order valence-electron chi connectivity index (χ0n) is 10.0. The van der Waals surface area contributed by atoms with Crippen molar-refractivity contribution in [1.82, 2.24) is 9.97 Å². The van der Waals surface area contributed by atoms with Crippen LogP contribution in [0.4, 0.5) is 8.78 Å². The number of aromatic nitrogens is 2. The minimum absolute atomic E-state index is 0.00849. The molecule has 0 radical (unpaired) electrons. The second-order valence-electron chi connectivity index (χ2n) is 4.04. The molecule has 0 fully saturated rings. The Balaban J connectivity index is 2.28. The number of carboxylic acid groups (broad SMARTS) is 1. The maximum absolute atomic E-state index is 13.0. The molecule has 0 aliphatic heterocycles. The van der Waals surface area contributed by atoms with Gasteiger partial charge in [-0.05, 0) is 24.6 Å². The van der Waals surface area contributed by atoms with Gasteiger partial charge in [-0.25, -0.2) is 23.5 Å². The van der Waals surface area contributed by atoms with Crippen LogP contribution in [-0.2, 0) is 6.42 Å². The van der Waals surface area contributed by atoms with Gasteiger partial charge in [-0.1, -0.05) is 0 Å². The molecule has 6 heteroatoms. The van der Waals surface area contributed by atoms with Gasteiger partial charge in [-0.2, -0.15) is 0 Å². The zero-order valence-corrected chi connectivity index (χ0v) is 10.0. The summed E-state index contributed by atoms with van der Waals surface area (Å²) in [5.41, 5.74) is 0.712. The zero-order chi connectivity index (χ0) is 14.0. The highest BCUT2D eigenvalue weighted by Gasteiger charge is 2.10. The Labute approximate surface area is 107 Å². The molecule has 0 unspecified atom stereocenters. The summed E-state index contributed by atoms with van der Waals surface area (Å²) in [4.78, 5) is 18.7. The second-order valence-corrected chi connectivity index (χ2v) is 4.04. The quantitative estimate of drug-likeness (QED) is 0.924. The summed E-state index contributed by atoms with van der Waals surface area (Å²) < 4.78 is 26.0. The van der Waals surface area contributed by atoms with E-state index >= 15 is 0 Å². The first-order chi connectivity index (χ1) is 8.95. The van der Waals surface area contributed by atoms with Crippen LogP contribution in [0.1, 0.15) is 27.4 Å². The van der Waals surface area contributed by atoms with Crippen LogP contribution < -0.4 is 0 Å². The number of carboxylic acids is 1. The van der Waals surface area contributed by atoms with Crippen LogP contribution in [0.3, 0.4) is 0 Å². The van der Waals surface area contributed by atoms with Crippen molar-refractivity contribution in [3.05, 3.63) is 58.7 Å². The summed E-state index contributed by atoms with van der Waals surface area (Å²) in [6.07, 6.45) is 1.32. The molecule has 1 heterocycles. The van der Waals surface area contributed by atoms with Crippen LogP contribution in [0.25, 0.3) is 0 Å². The Bertz CT molecular complexity index is 624. The van der Waals surface area contributed by atoms with Crippen molar-refractivity contribution in [2.75, 3.05) is 0 Å². The van der Waals surface area contributed by atoms with Gasteiger partial charge < -0.3 is 5.11 Å². The standard InChI is InChI=1S/C13H10F2N2O2/c1-7-11(13(18)19)6-16-12(17-7)4-8-2-9(14)5-10(15)3-8/h2-3,5-6H,4H2,1H3,(H,18,19). The lowest BCUT2D eigenvalue weighted by molar-refractivity contribution is 0.0695. The van der Waals surface area contributed by atoms with E-state index in [1.165, 1.54) is 18.3 Å². The molecule has 0 amide bonds. The van der Waals surface area contributed by atoms with E-state index in [0.29, 0.717) is 17.1 Å². The smallest absolute Gasteiger partial charge is 0.339 e. The number of hydrogen-bond donors (Lipinski definition) is 1. The average molecular weight is 264 g/mol. The number of carbonyl (C=O) groups is 1. The van der Waals surface area contributed by atoms with Crippen molar-refractivity contribution in [3.63, 3.8) is 0 Å². The lowest BCUT2D eigenvalue weighted by atomic mass is 10.1. The Morgan fingerprint density at radius 1 is 1.26 bits per heavy atom. The third kappa shape index (κ3) is 3.09. The third-order valence-corrected chi connectivity index (χ3v) is 2.54. The highest BCUT2D eigenvalue weighted by molar-refractivity contribution is 5.88. The largest absolute Gasteiger partial charge is 0.478 e. The molecule has 1 aromatic heterocycles. The second kappa shape index (κ2) is 5.09. The van der Waals surface area contributed by atoms with Crippen molar-refractivity contribution in [2.24, 2.45) is 0 Å². The number of aryl methyl sites for hydroxylation is 1. The maximum atomic E-state index is 13.0. The highest BCUT2D eigenvalue weighted by Crippen LogP contribution is 2.12. The van der Waals surface area contributed by atoms with Crippen LogP contribution in [0.5, 0.6) is 0 Å². The summed E-state index contributed by atoms with van der Waals surface area (Å²) in [6, 6.07) is 3.16. The first-order valence-corrected chi connectivity index (χ1v) is 5.46. The van der Waals surface area contributed by atoms with Gasteiger partial charge in [0.1, 0.15) is 17.5 Å². The Kier molecular flexibility index (Phi) is 3.50. The third-order valence-electron chi connectivity index (χ3n) is 2.54. The lowest BCUT2D eigenvalue weighted by Crippen LogP contribution is -2.06. The van der Waals surface area contributed by atoms with Gasteiger partial charge in [0, 0.05) is 18.7 Å². The highest BCUT2D eigenvalue weighted by atomic mass is 19.1. The van der Waals surface area contributed by atoms with Gasteiger partial charge in [-0.3, -0.25) is 0 Å². The van der Waals surface area contributed by atoms with E-state index in [0.717, 1.165) is 6.07 Å². The van der Waals surface area contributed by atoms with Crippen LogP contribution in [0.15, 0.2) is 24.4 Å². The predicted molar refractivity (Wildman–Crippen MR) is 62.9 cm³/mol. The van der Waals surface area contributed by atoms with Crippen LogP contribution in [-0.4, -0.2) is 21.0 Å². The number of halogens is 2. The SMILES string of the molecule is Cc1nc(Cc2cc(F)cc(F)c2)ncc1C(=O)O. The van der Waals surface area contributed by atoms with Crippen molar-refractivity contribution in [3.8, 4) is 0 Å². The Hall–Kier alpha value is -2.37. The van der Waals surface area contributed by atoms with Gasteiger partial charge in [-0.15, -0.1) is 0 Å². The van der Waals surface area contributed by atoms with E-state index in [4.69, 9.17) is 5.11 Å². The van der Waals surface area contributed by atoms with Gasteiger partial charge in [0.05, 0.1) is 11.3 Å². The topological polar surface area (TPSA) is 63.1 Å². The molecule has 1 aromatic carbocycles. The normalized spacial score (nSPS) is 10.5. The molecule has 0 saturated heterocycles. The molecule has 0 aliphatic carbocycles. The molecule has 4 nitrogen and oxygen atoms in total. The number of hydrogen-bond acceptors (Lipinski definition) is 3. The minimum Gasteiger partial charge on any atom is -0.478 e. The fraction of sp³-hybridized carbons (Fsp3) is 0.154. The van der Waals surface area contributed by atoms with Crippen LogP contribution in [0.2, 0.25) is 0 Å². The fourth-order valence-corrected chi connectivity index (χ4v) is 1.71. The molecule has 2 rings (SSSR count). The molecule has 98 valence electrons. The maximum Gasteiger partial charge on any atom is 0.339 e. The molecule has 0 saturated carbocycles. The molecular weight excluding hydrogens is 254 g/mol. The molecule has 0 atom stereocenters. The Morgan fingerprint density at radius 2 is 1.89 bits per heavy atom. The van der Waals surface area contributed by atoms with E-state index in [2.05, 4.69) is 9.97 Å². The van der Waals surface area contributed by atoms with Crippen molar-refractivity contribution >= 4 is 5.97 Å². The Morgan fingerprint density at radius 3 is 2.42 bits per heavy atom. The van der Waals surface area contributed by atoms with Gasteiger partial charge in [0.2, 0.25) is 0 Å². The van der Waals surface area contributed by atoms with E-state index in [-0.39, 0.29) is 12.0 Å². The monoisotopic (exact) mass is 264 g/mol. The van der Waals surface area contributed by atoms with Gasteiger partial charge >= 0.3 is 5.97 Å². The van der Waals surface area contributed by atoms with Crippen molar-refractivity contribution < 1.29 is 18.7 Å². The van der Waals surface area contributed by atoms with E-state index in [9.17, 15) is 13.6 Å². The first kappa shape index (κ1) is 13.1. The molecule has 0 bridgehead atoms. The van der Waals surface area contributed by atoms with E-state index < -0.39 is 17.6 Å². The predicted octanol–water partition coefficient (Wildman–Crippen LogP) is 2.35. The summed E-state index contributed by atoms with van der Waals surface area (Å²) in [6.45, 7) is 1.54. The lowest BCUT2D eigenvalue weighted by Gasteiger charge is -2.04. The molecule has 19 heavy (non-hydrogen) atoms.